The van der Waals surface area contributed by atoms with Crippen molar-refractivity contribution in [3.05, 3.63) is 187 Å². The number of aromatic nitrogens is 3. The quantitative estimate of drug-likeness (QED) is 0.184. The van der Waals surface area contributed by atoms with Gasteiger partial charge in [-0.05, 0) is 96.1 Å². The maximum absolute atomic E-state index is 10.2. The van der Waals surface area contributed by atoms with Gasteiger partial charge in [0.1, 0.15) is 0 Å². The predicted molar refractivity (Wildman–Crippen MR) is 224 cm³/mol. The van der Waals surface area contributed by atoms with E-state index in [0.717, 1.165) is 82.8 Å². The third-order valence-corrected chi connectivity index (χ3v) is 11.1. The van der Waals surface area contributed by atoms with Gasteiger partial charge >= 0.3 is 0 Å². The standard InChI is InChI=1S/C50H29N5/c51-30-32-20-25-47-42(28-32)40-12-3-7-16-45(40)55(47)49-19-9-18-48-50(49)41-13-4-8-17-46(41)53(48)36-23-21-34(22-24-36)35-26-33(31-52)27-37(29-35)54-43-14-5-1-10-38(43)39-11-2-6-15-44(39)54/h1-29H. The zero-order chi connectivity index (χ0) is 36.6. The van der Waals surface area contributed by atoms with Crippen LogP contribution in [0.2, 0.25) is 0 Å². The highest BCUT2D eigenvalue weighted by atomic mass is 15.0. The first-order valence-electron chi connectivity index (χ1n) is 18.3. The van der Waals surface area contributed by atoms with E-state index in [1.807, 2.05) is 24.3 Å². The van der Waals surface area contributed by atoms with Crippen LogP contribution in [0, 0.1) is 22.7 Å². The largest absolute Gasteiger partial charge is 0.309 e. The van der Waals surface area contributed by atoms with Gasteiger partial charge in [0.05, 0.1) is 62.1 Å². The Morgan fingerprint density at radius 2 is 0.855 bits per heavy atom. The molecule has 0 radical (unpaired) electrons. The van der Waals surface area contributed by atoms with Crippen molar-refractivity contribution in [2.24, 2.45) is 0 Å². The summed E-state index contributed by atoms with van der Waals surface area (Å²) in [5.41, 5.74) is 13.0. The highest BCUT2D eigenvalue weighted by Crippen LogP contribution is 2.41. The molecule has 3 heterocycles. The van der Waals surface area contributed by atoms with Crippen molar-refractivity contribution in [2.45, 2.75) is 0 Å². The zero-order valence-corrected chi connectivity index (χ0v) is 29.5. The van der Waals surface area contributed by atoms with Gasteiger partial charge < -0.3 is 13.7 Å². The van der Waals surface area contributed by atoms with Crippen molar-refractivity contribution in [1.82, 2.24) is 13.7 Å². The Balaban J connectivity index is 1.08. The van der Waals surface area contributed by atoms with Crippen molar-refractivity contribution in [1.29, 1.82) is 10.5 Å². The fraction of sp³-hybridized carbons (Fsp3) is 0. The van der Waals surface area contributed by atoms with E-state index in [2.05, 4.69) is 177 Å². The first-order valence-corrected chi connectivity index (χ1v) is 18.3. The van der Waals surface area contributed by atoms with Crippen LogP contribution in [0.5, 0.6) is 0 Å². The summed E-state index contributed by atoms with van der Waals surface area (Å²) in [6, 6.07) is 66.0. The number of nitrogens with zero attached hydrogens (tertiary/aromatic N) is 5. The van der Waals surface area contributed by atoms with Crippen LogP contribution < -0.4 is 0 Å². The van der Waals surface area contributed by atoms with Crippen molar-refractivity contribution in [3.63, 3.8) is 0 Å². The first kappa shape index (κ1) is 30.7. The Morgan fingerprint density at radius 1 is 0.327 bits per heavy atom. The lowest BCUT2D eigenvalue weighted by molar-refractivity contribution is 1.17. The fourth-order valence-corrected chi connectivity index (χ4v) is 8.74. The van der Waals surface area contributed by atoms with Gasteiger partial charge in [0.25, 0.3) is 0 Å². The molecule has 8 aromatic carbocycles. The Bertz CT molecular complexity index is 3400. The first-order chi connectivity index (χ1) is 27.2. The molecule has 11 aromatic rings. The van der Waals surface area contributed by atoms with Crippen LogP contribution in [0.4, 0.5) is 0 Å². The van der Waals surface area contributed by atoms with E-state index in [4.69, 9.17) is 0 Å². The number of nitriles is 2. The van der Waals surface area contributed by atoms with E-state index in [1.54, 1.807) is 0 Å². The minimum atomic E-state index is 0.613. The summed E-state index contributed by atoms with van der Waals surface area (Å²) in [6.45, 7) is 0. The van der Waals surface area contributed by atoms with Crippen molar-refractivity contribution in [2.75, 3.05) is 0 Å². The van der Waals surface area contributed by atoms with Gasteiger partial charge in [-0.25, -0.2) is 0 Å². The SMILES string of the molecule is N#Cc1cc(-c2ccc(-n3c4ccccc4c4c(-n5c6ccccc6c6cc(C#N)ccc65)cccc43)cc2)cc(-n2c3ccccc3c3ccccc32)c1. The summed E-state index contributed by atoms with van der Waals surface area (Å²) in [7, 11) is 0. The van der Waals surface area contributed by atoms with Gasteiger partial charge in [-0.15, -0.1) is 0 Å². The van der Waals surface area contributed by atoms with Gasteiger partial charge in [-0.2, -0.15) is 10.5 Å². The highest BCUT2D eigenvalue weighted by Gasteiger charge is 2.20. The second kappa shape index (κ2) is 11.8. The summed E-state index contributed by atoms with van der Waals surface area (Å²) >= 11 is 0. The van der Waals surface area contributed by atoms with E-state index in [9.17, 15) is 10.5 Å². The van der Waals surface area contributed by atoms with Crippen LogP contribution in [0.3, 0.4) is 0 Å². The summed E-state index contributed by atoms with van der Waals surface area (Å²) in [6.07, 6.45) is 0. The monoisotopic (exact) mass is 699 g/mol. The molecule has 0 fully saturated rings. The molecule has 11 rings (SSSR count). The molecule has 0 N–H and O–H groups in total. The molecule has 0 amide bonds. The van der Waals surface area contributed by atoms with Crippen LogP contribution in [-0.2, 0) is 0 Å². The van der Waals surface area contributed by atoms with Gasteiger partial charge in [-0.3, -0.25) is 0 Å². The molecule has 0 atom stereocenters. The molecule has 0 saturated heterocycles. The van der Waals surface area contributed by atoms with Crippen LogP contribution in [0.25, 0.3) is 93.6 Å². The van der Waals surface area contributed by atoms with Gasteiger partial charge in [0.15, 0.2) is 0 Å². The molecular weight excluding hydrogens is 671 g/mol. The topological polar surface area (TPSA) is 62.4 Å². The van der Waals surface area contributed by atoms with E-state index < -0.39 is 0 Å². The Hall–Kier alpha value is -7.86. The Kier molecular flexibility index (Phi) is 6.61. The lowest BCUT2D eigenvalue weighted by Crippen LogP contribution is -1.97. The van der Waals surface area contributed by atoms with Crippen LogP contribution >= 0.6 is 0 Å². The molecule has 3 aromatic heterocycles. The molecule has 0 saturated carbocycles. The average molecular weight is 700 g/mol. The van der Waals surface area contributed by atoms with E-state index in [-0.39, 0.29) is 0 Å². The molecule has 0 aliphatic heterocycles. The summed E-state index contributed by atoms with van der Waals surface area (Å²) in [5.74, 6) is 0. The van der Waals surface area contributed by atoms with Gasteiger partial charge in [-0.1, -0.05) is 91.0 Å². The molecular formula is C50H29N5. The predicted octanol–water partition coefficient (Wildman–Crippen LogP) is 12.4. The number of hydrogen-bond acceptors (Lipinski definition) is 2. The van der Waals surface area contributed by atoms with E-state index in [1.165, 1.54) is 10.8 Å². The molecule has 254 valence electrons. The molecule has 55 heavy (non-hydrogen) atoms. The molecule has 5 nitrogen and oxygen atoms in total. The van der Waals surface area contributed by atoms with Crippen molar-refractivity contribution >= 4 is 65.4 Å². The summed E-state index contributed by atoms with van der Waals surface area (Å²) < 4.78 is 6.94. The minimum Gasteiger partial charge on any atom is -0.309 e. The number of fused-ring (bicyclic) bond motifs is 9. The van der Waals surface area contributed by atoms with Crippen LogP contribution in [-0.4, -0.2) is 13.7 Å². The molecule has 0 bridgehead atoms. The lowest BCUT2D eigenvalue weighted by Gasteiger charge is -2.13. The maximum atomic E-state index is 10.2. The third kappa shape index (κ3) is 4.51. The molecule has 0 aliphatic rings. The lowest BCUT2D eigenvalue weighted by atomic mass is 10.0. The van der Waals surface area contributed by atoms with Crippen molar-refractivity contribution < 1.29 is 0 Å². The maximum Gasteiger partial charge on any atom is 0.0992 e. The smallest absolute Gasteiger partial charge is 0.0992 e. The summed E-state index contributed by atoms with van der Waals surface area (Å²) in [4.78, 5) is 0. The number of benzene rings is 8. The number of hydrogen-bond donors (Lipinski definition) is 0. The molecule has 0 spiro atoms. The van der Waals surface area contributed by atoms with Crippen molar-refractivity contribution in [3.8, 4) is 40.3 Å². The summed E-state index contributed by atoms with van der Waals surface area (Å²) in [5, 5.41) is 26.8. The normalized spacial score (nSPS) is 11.6. The minimum absolute atomic E-state index is 0.613. The zero-order valence-electron chi connectivity index (χ0n) is 29.5. The second-order valence-electron chi connectivity index (χ2n) is 14.0. The Morgan fingerprint density at radius 3 is 1.51 bits per heavy atom. The van der Waals surface area contributed by atoms with Gasteiger partial charge in [0, 0.05) is 43.7 Å². The molecule has 5 heteroatoms. The van der Waals surface area contributed by atoms with Crippen LogP contribution in [0.1, 0.15) is 11.1 Å². The fourth-order valence-electron chi connectivity index (χ4n) is 8.74. The highest BCUT2D eigenvalue weighted by molar-refractivity contribution is 6.16. The number of rotatable bonds is 4. The Labute approximate surface area is 316 Å². The third-order valence-electron chi connectivity index (χ3n) is 11.1. The van der Waals surface area contributed by atoms with Crippen LogP contribution in [0.15, 0.2) is 176 Å². The molecule has 0 unspecified atom stereocenters. The second-order valence-corrected chi connectivity index (χ2v) is 14.0. The average Bonchev–Trinajstić information content (AvgIpc) is 3.89. The van der Waals surface area contributed by atoms with Gasteiger partial charge in [0.2, 0.25) is 0 Å². The molecule has 0 aliphatic carbocycles. The number of para-hydroxylation sites is 4. The van der Waals surface area contributed by atoms with E-state index in [0.29, 0.717) is 11.1 Å². The van der Waals surface area contributed by atoms with E-state index >= 15 is 0 Å².